The number of benzene rings is 1. The number of hydrogen-bond acceptors (Lipinski definition) is 5. The highest BCUT2D eigenvalue weighted by atomic mass is 16.1. The Morgan fingerprint density at radius 1 is 1.40 bits per heavy atom. The van der Waals surface area contributed by atoms with Gasteiger partial charge in [-0.3, -0.25) is 4.79 Å². The molecule has 2 N–H and O–H groups in total. The Morgan fingerprint density at radius 3 is 2.95 bits per heavy atom. The van der Waals surface area contributed by atoms with Crippen molar-refractivity contribution in [1.29, 1.82) is 0 Å². The van der Waals surface area contributed by atoms with Gasteiger partial charge in [0.15, 0.2) is 0 Å². The summed E-state index contributed by atoms with van der Waals surface area (Å²) in [6.45, 7) is 4.19. The Kier molecular flexibility index (Phi) is 3.51. The lowest BCUT2D eigenvalue weighted by molar-refractivity contribution is -0.121. The molecule has 1 aliphatic heterocycles. The number of anilines is 1. The maximum absolute atomic E-state index is 11.4. The molecule has 1 aromatic carbocycles. The number of piperazine rings is 1. The molecule has 2 heterocycles. The van der Waals surface area contributed by atoms with Crippen molar-refractivity contribution < 1.29 is 4.79 Å². The average molecular weight is 274 g/mol. The van der Waals surface area contributed by atoms with E-state index in [1.807, 2.05) is 12.1 Å². The summed E-state index contributed by atoms with van der Waals surface area (Å²) in [7, 11) is 1.62. The van der Waals surface area contributed by atoms with Crippen LogP contribution >= 0.6 is 0 Å². The number of likely N-dealkylation sites (N-methyl/N-ethyl adjacent to an activating group) is 1. The number of carbonyl (C=O) groups excluding carboxylic acids is 1. The zero-order chi connectivity index (χ0) is 13.9. The lowest BCUT2D eigenvalue weighted by Gasteiger charge is -2.29. The smallest absolute Gasteiger partial charge is 0.241 e. The molecular formula is C13H18N6O. The summed E-state index contributed by atoms with van der Waals surface area (Å²) in [6, 6.07) is 6.08. The van der Waals surface area contributed by atoms with Gasteiger partial charge in [0.25, 0.3) is 0 Å². The van der Waals surface area contributed by atoms with Crippen molar-refractivity contribution >= 4 is 22.6 Å². The van der Waals surface area contributed by atoms with Crippen molar-refractivity contribution in [2.24, 2.45) is 0 Å². The van der Waals surface area contributed by atoms with Crippen LogP contribution in [0.5, 0.6) is 0 Å². The molecule has 1 saturated heterocycles. The van der Waals surface area contributed by atoms with Crippen LogP contribution in [0, 0.1) is 0 Å². The first-order valence-corrected chi connectivity index (χ1v) is 6.77. The lowest BCUT2D eigenvalue weighted by Crippen LogP contribution is -2.43. The van der Waals surface area contributed by atoms with Crippen LogP contribution in [0.2, 0.25) is 0 Å². The van der Waals surface area contributed by atoms with E-state index >= 15 is 0 Å². The minimum Gasteiger partial charge on any atom is -0.369 e. The Morgan fingerprint density at radius 2 is 2.20 bits per heavy atom. The molecular weight excluding hydrogens is 256 g/mol. The van der Waals surface area contributed by atoms with Crippen LogP contribution in [0.15, 0.2) is 18.2 Å². The molecule has 1 fully saturated rings. The van der Waals surface area contributed by atoms with E-state index in [4.69, 9.17) is 0 Å². The SMILES string of the molecule is CNC(=O)Cn1nnc2cc(N3CCNCC3)ccc21. The number of fused-ring (bicyclic) bond motifs is 1. The van der Waals surface area contributed by atoms with Crippen LogP contribution < -0.4 is 15.5 Å². The number of hydrogen-bond donors (Lipinski definition) is 2. The van der Waals surface area contributed by atoms with Gasteiger partial charge in [-0.15, -0.1) is 5.10 Å². The third kappa shape index (κ3) is 2.44. The predicted molar refractivity (Wildman–Crippen MR) is 76.7 cm³/mol. The summed E-state index contributed by atoms with van der Waals surface area (Å²) >= 11 is 0. The quantitative estimate of drug-likeness (QED) is 0.795. The second-order valence-electron chi connectivity index (χ2n) is 4.83. The molecule has 0 aliphatic carbocycles. The monoisotopic (exact) mass is 274 g/mol. The third-order valence-electron chi connectivity index (χ3n) is 3.55. The molecule has 0 radical (unpaired) electrons. The summed E-state index contributed by atoms with van der Waals surface area (Å²) in [5, 5.41) is 14.1. The van der Waals surface area contributed by atoms with Gasteiger partial charge in [0, 0.05) is 38.9 Å². The molecule has 20 heavy (non-hydrogen) atoms. The molecule has 1 aliphatic rings. The number of aromatic nitrogens is 3. The number of rotatable bonds is 3. The van der Waals surface area contributed by atoms with Crippen LogP contribution in [0.3, 0.4) is 0 Å². The van der Waals surface area contributed by atoms with Gasteiger partial charge in [0.2, 0.25) is 5.91 Å². The first-order chi connectivity index (χ1) is 9.78. The number of carbonyl (C=O) groups is 1. The van der Waals surface area contributed by atoms with Gasteiger partial charge in [-0.2, -0.15) is 0 Å². The van der Waals surface area contributed by atoms with E-state index in [2.05, 4.69) is 31.9 Å². The van der Waals surface area contributed by atoms with E-state index in [1.54, 1.807) is 11.7 Å². The highest BCUT2D eigenvalue weighted by molar-refractivity contribution is 5.82. The van der Waals surface area contributed by atoms with Crippen LogP contribution in [-0.4, -0.2) is 54.1 Å². The maximum Gasteiger partial charge on any atom is 0.241 e. The molecule has 0 unspecified atom stereocenters. The fourth-order valence-corrected chi connectivity index (χ4v) is 2.41. The van der Waals surface area contributed by atoms with E-state index in [0.29, 0.717) is 0 Å². The Balaban J connectivity index is 1.87. The fourth-order valence-electron chi connectivity index (χ4n) is 2.41. The van der Waals surface area contributed by atoms with E-state index in [-0.39, 0.29) is 12.5 Å². The molecule has 106 valence electrons. The molecule has 7 heteroatoms. The predicted octanol–water partition coefficient (Wildman–Crippen LogP) is -0.413. The van der Waals surface area contributed by atoms with Crippen molar-refractivity contribution in [1.82, 2.24) is 25.6 Å². The van der Waals surface area contributed by atoms with Gasteiger partial charge in [0.05, 0.1) is 5.52 Å². The van der Waals surface area contributed by atoms with Crippen molar-refractivity contribution in [3.63, 3.8) is 0 Å². The van der Waals surface area contributed by atoms with Gasteiger partial charge >= 0.3 is 0 Å². The zero-order valence-corrected chi connectivity index (χ0v) is 11.5. The van der Waals surface area contributed by atoms with Gasteiger partial charge in [-0.05, 0) is 18.2 Å². The molecule has 1 aromatic heterocycles. The van der Waals surface area contributed by atoms with Crippen LogP contribution in [0.25, 0.3) is 11.0 Å². The lowest BCUT2D eigenvalue weighted by atomic mass is 10.2. The Bertz CT molecular complexity index is 616. The fraction of sp³-hybridized carbons (Fsp3) is 0.462. The molecule has 0 spiro atoms. The first kappa shape index (κ1) is 12.9. The van der Waals surface area contributed by atoms with Crippen molar-refractivity contribution in [2.45, 2.75) is 6.54 Å². The minimum atomic E-state index is -0.0806. The minimum absolute atomic E-state index is 0.0806. The van der Waals surface area contributed by atoms with Crippen LogP contribution in [0.4, 0.5) is 5.69 Å². The summed E-state index contributed by atoms with van der Waals surface area (Å²) in [5.41, 5.74) is 2.86. The normalized spacial score (nSPS) is 15.6. The molecule has 0 saturated carbocycles. The second kappa shape index (κ2) is 5.46. The molecule has 7 nitrogen and oxygen atoms in total. The van der Waals surface area contributed by atoms with Crippen molar-refractivity contribution in [3.8, 4) is 0 Å². The van der Waals surface area contributed by atoms with Crippen molar-refractivity contribution in [2.75, 3.05) is 38.1 Å². The summed E-state index contributed by atoms with van der Waals surface area (Å²) in [6.07, 6.45) is 0. The van der Waals surface area contributed by atoms with Gasteiger partial charge in [-0.1, -0.05) is 5.21 Å². The summed E-state index contributed by atoms with van der Waals surface area (Å²) < 4.78 is 1.62. The molecule has 2 aromatic rings. The van der Waals surface area contributed by atoms with Crippen LogP contribution in [0.1, 0.15) is 0 Å². The molecule has 0 bridgehead atoms. The highest BCUT2D eigenvalue weighted by Gasteiger charge is 2.13. The van der Waals surface area contributed by atoms with E-state index in [9.17, 15) is 4.79 Å². The molecule has 0 atom stereocenters. The molecule has 1 amide bonds. The van der Waals surface area contributed by atoms with Crippen molar-refractivity contribution in [3.05, 3.63) is 18.2 Å². The number of nitrogens with one attached hydrogen (secondary N) is 2. The maximum atomic E-state index is 11.4. The first-order valence-electron chi connectivity index (χ1n) is 6.77. The Labute approximate surface area is 116 Å². The summed E-state index contributed by atoms with van der Waals surface area (Å²) in [4.78, 5) is 13.7. The Hall–Kier alpha value is -2.15. The third-order valence-corrected chi connectivity index (χ3v) is 3.55. The second-order valence-corrected chi connectivity index (χ2v) is 4.83. The van der Waals surface area contributed by atoms with E-state index in [1.165, 1.54) is 0 Å². The van der Waals surface area contributed by atoms with Gasteiger partial charge in [0.1, 0.15) is 12.1 Å². The standard InChI is InChI=1S/C13H18N6O/c1-14-13(20)9-19-12-3-2-10(8-11(12)16-17-19)18-6-4-15-5-7-18/h2-3,8,15H,4-7,9H2,1H3,(H,14,20). The van der Waals surface area contributed by atoms with Gasteiger partial charge < -0.3 is 15.5 Å². The van der Waals surface area contributed by atoms with E-state index < -0.39 is 0 Å². The molecule has 3 rings (SSSR count). The zero-order valence-electron chi connectivity index (χ0n) is 11.5. The number of nitrogens with zero attached hydrogens (tertiary/aromatic N) is 4. The summed E-state index contributed by atoms with van der Waals surface area (Å²) in [5.74, 6) is -0.0806. The van der Waals surface area contributed by atoms with E-state index in [0.717, 1.165) is 42.9 Å². The number of amides is 1. The average Bonchev–Trinajstić information content (AvgIpc) is 2.90. The van der Waals surface area contributed by atoms with Gasteiger partial charge in [-0.25, -0.2) is 4.68 Å². The largest absolute Gasteiger partial charge is 0.369 e. The highest BCUT2D eigenvalue weighted by Crippen LogP contribution is 2.20. The topological polar surface area (TPSA) is 75.1 Å². The van der Waals surface area contributed by atoms with Crippen LogP contribution in [-0.2, 0) is 11.3 Å².